The van der Waals surface area contributed by atoms with E-state index in [0.717, 1.165) is 36.0 Å². The van der Waals surface area contributed by atoms with Gasteiger partial charge in [0, 0.05) is 12.1 Å². The van der Waals surface area contributed by atoms with E-state index in [9.17, 15) is 13.2 Å². The van der Waals surface area contributed by atoms with E-state index in [-0.39, 0.29) is 5.91 Å². The summed E-state index contributed by atoms with van der Waals surface area (Å²) in [7, 11) is -3.37. The summed E-state index contributed by atoms with van der Waals surface area (Å²) in [5.74, 6) is 2.65. The number of aryl methyl sites for hydroxylation is 1. The lowest BCUT2D eigenvalue weighted by Gasteiger charge is -2.57. The smallest absolute Gasteiger partial charge is 0.251 e. The second kappa shape index (κ2) is 6.80. The maximum absolute atomic E-state index is 12.6. The Hall–Kier alpha value is -1.56. The summed E-state index contributed by atoms with van der Waals surface area (Å²) >= 11 is 0. The minimum Gasteiger partial charge on any atom is -0.352 e. The fourth-order valence-electron chi connectivity index (χ4n) is 6.21. The number of rotatable bonds is 6. The first kappa shape index (κ1) is 18.8. The molecule has 0 radical (unpaired) electrons. The third-order valence-corrected chi connectivity index (χ3v) is 7.49. The van der Waals surface area contributed by atoms with Crippen molar-refractivity contribution in [2.45, 2.75) is 51.9 Å². The van der Waals surface area contributed by atoms with Gasteiger partial charge in [-0.3, -0.25) is 9.52 Å². The van der Waals surface area contributed by atoms with Crippen molar-refractivity contribution in [3.63, 3.8) is 0 Å². The van der Waals surface area contributed by atoms with Gasteiger partial charge in [0.05, 0.1) is 11.9 Å². The maximum atomic E-state index is 12.6. The van der Waals surface area contributed by atoms with Crippen LogP contribution in [0.4, 0.5) is 5.69 Å². The largest absolute Gasteiger partial charge is 0.352 e. The summed E-state index contributed by atoms with van der Waals surface area (Å²) < 4.78 is 25.5. The molecule has 0 unspecified atom stereocenters. The molecule has 4 bridgehead atoms. The molecule has 1 aromatic rings. The number of hydrogen-bond acceptors (Lipinski definition) is 3. The zero-order chi connectivity index (χ0) is 19.2. The highest BCUT2D eigenvalue weighted by atomic mass is 32.2. The van der Waals surface area contributed by atoms with Gasteiger partial charge in [-0.25, -0.2) is 8.42 Å². The van der Waals surface area contributed by atoms with Crippen LogP contribution in [-0.2, 0) is 10.0 Å². The van der Waals surface area contributed by atoms with Gasteiger partial charge in [0.25, 0.3) is 5.91 Å². The second-order valence-electron chi connectivity index (χ2n) is 9.33. The van der Waals surface area contributed by atoms with Crippen molar-refractivity contribution in [2.75, 3.05) is 17.5 Å². The second-order valence-corrected chi connectivity index (χ2v) is 11.1. The van der Waals surface area contributed by atoms with E-state index in [4.69, 9.17) is 0 Å². The minimum atomic E-state index is -3.37. The summed E-state index contributed by atoms with van der Waals surface area (Å²) in [6.07, 6.45) is 10.5. The molecule has 4 saturated carbocycles. The van der Waals surface area contributed by atoms with Crippen molar-refractivity contribution in [3.05, 3.63) is 29.3 Å². The molecule has 27 heavy (non-hydrogen) atoms. The SMILES string of the molecule is Cc1ccc(C(=O)NCCC23CC4CC(CC(C4)C2)C3)cc1NS(C)(=O)=O. The lowest BCUT2D eigenvalue weighted by atomic mass is 9.49. The third-order valence-electron chi connectivity index (χ3n) is 6.90. The van der Waals surface area contributed by atoms with Crippen LogP contribution in [0.5, 0.6) is 0 Å². The van der Waals surface area contributed by atoms with Crippen molar-refractivity contribution in [2.24, 2.45) is 23.2 Å². The molecule has 0 aliphatic heterocycles. The molecule has 5 rings (SSSR count). The minimum absolute atomic E-state index is 0.128. The van der Waals surface area contributed by atoms with E-state index in [1.807, 2.05) is 6.92 Å². The normalized spacial score (nSPS) is 31.7. The molecular formula is C21H30N2O3S. The van der Waals surface area contributed by atoms with Crippen molar-refractivity contribution in [3.8, 4) is 0 Å². The van der Waals surface area contributed by atoms with Gasteiger partial charge in [-0.15, -0.1) is 0 Å². The molecule has 148 valence electrons. The Balaban J connectivity index is 1.37. The van der Waals surface area contributed by atoms with Crippen molar-refractivity contribution < 1.29 is 13.2 Å². The molecule has 0 saturated heterocycles. The van der Waals surface area contributed by atoms with Gasteiger partial charge >= 0.3 is 0 Å². The van der Waals surface area contributed by atoms with Gasteiger partial charge < -0.3 is 5.32 Å². The molecule has 2 N–H and O–H groups in total. The number of carbonyl (C=O) groups excluding carboxylic acids is 1. The molecule has 0 heterocycles. The molecule has 4 fully saturated rings. The fraction of sp³-hybridized carbons (Fsp3) is 0.667. The Kier molecular flexibility index (Phi) is 4.73. The molecule has 4 aliphatic rings. The Labute approximate surface area is 162 Å². The number of amides is 1. The molecule has 1 amide bonds. The molecule has 6 heteroatoms. The first-order valence-corrected chi connectivity index (χ1v) is 12.0. The van der Waals surface area contributed by atoms with Crippen LogP contribution < -0.4 is 10.0 Å². The average molecular weight is 391 g/mol. The number of hydrogen-bond donors (Lipinski definition) is 2. The van der Waals surface area contributed by atoms with Gasteiger partial charge in [-0.1, -0.05) is 6.07 Å². The first-order valence-electron chi connectivity index (χ1n) is 10.1. The van der Waals surface area contributed by atoms with Gasteiger partial charge in [-0.05, 0) is 92.7 Å². The summed E-state index contributed by atoms with van der Waals surface area (Å²) in [5.41, 5.74) is 2.22. The monoisotopic (exact) mass is 390 g/mol. The number of carbonyl (C=O) groups is 1. The van der Waals surface area contributed by atoms with Crippen LogP contribution in [0.2, 0.25) is 0 Å². The van der Waals surface area contributed by atoms with Crippen LogP contribution in [0, 0.1) is 30.1 Å². The number of benzene rings is 1. The van der Waals surface area contributed by atoms with Crippen molar-refractivity contribution in [1.29, 1.82) is 0 Å². The van der Waals surface area contributed by atoms with Crippen LogP contribution in [0.25, 0.3) is 0 Å². The van der Waals surface area contributed by atoms with Crippen LogP contribution in [0.1, 0.15) is 60.9 Å². The van der Waals surface area contributed by atoms with E-state index in [1.54, 1.807) is 18.2 Å². The van der Waals surface area contributed by atoms with E-state index in [2.05, 4.69) is 10.0 Å². The maximum Gasteiger partial charge on any atom is 0.251 e. The molecule has 0 atom stereocenters. The Morgan fingerprint density at radius 2 is 1.70 bits per heavy atom. The highest BCUT2D eigenvalue weighted by molar-refractivity contribution is 7.92. The van der Waals surface area contributed by atoms with E-state index < -0.39 is 10.0 Å². The molecule has 4 aliphatic carbocycles. The lowest BCUT2D eigenvalue weighted by Crippen LogP contribution is -2.47. The zero-order valence-electron chi connectivity index (χ0n) is 16.3. The summed E-state index contributed by atoms with van der Waals surface area (Å²) in [6, 6.07) is 5.15. The van der Waals surface area contributed by atoms with Crippen molar-refractivity contribution >= 4 is 21.6 Å². The predicted molar refractivity (Wildman–Crippen MR) is 107 cm³/mol. The predicted octanol–water partition coefficient (Wildman–Crippen LogP) is 3.70. The van der Waals surface area contributed by atoms with Crippen LogP contribution in [0.3, 0.4) is 0 Å². The first-order chi connectivity index (χ1) is 12.7. The van der Waals surface area contributed by atoms with E-state index >= 15 is 0 Å². The van der Waals surface area contributed by atoms with Crippen LogP contribution >= 0.6 is 0 Å². The Morgan fingerprint density at radius 1 is 1.11 bits per heavy atom. The average Bonchev–Trinajstić information content (AvgIpc) is 2.54. The van der Waals surface area contributed by atoms with Gasteiger partial charge in [-0.2, -0.15) is 0 Å². The quantitative estimate of drug-likeness (QED) is 0.778. The highest BCUT2D eigenvalue weighted by Gasteiger charge is 2.50. The molecule has 1 aromatic carbocycles. The summed E-state index contributed by atoms with van der Waals surface area (Å²) in [4.78, 5) is 12.6. The Bertz CT molecular complexity index is 812. The van der Waals surface area contributed by atoms with E-state index in [1.165, 1.54) is 38.5 Å². The van der Waals surface area contributed by atoms with E-state index in [0.29, 0.717) is 23.2 Å². The summed E-state index contributed by atoms with van der Waals surface area (Å²) in [6.45, 7) is 2.52. The highest BCUT2D eigenvalue weighted by Crippen LogP contribution is 2.61. The topological polar surface area (TPSA) is 75.3 Å². The zero-order valence-corrected chi connectivity index (χ0v) is 17.1. The van der Waals surface area contributed by atoms with Gasteiger partial charge in [0.1, 0.15) is 0 Å². The number of sulfonamides is 1. The van der Waals surface area contributed by atoms with Crippen LogP contribution in [-0.4, -0.2) is 27.1 Å². The van der Waals surface area contributed by atoms with Crippen LogP contribution in [0.15, 0.2) is 18.2 Å². The molecule has 5 nitrogen and oxygen atoms in total. The Morgan fingerprint density at radius 3 is 2.26 bits per heavy atom. The standard InChI is InChI=1S/C21H30N2O3S/c1-14-3-4-18(10-19(14)23-27(2,25)26)20(24)22-6-5-21-11-15-7-16(12-21)9-17(8-15)13-21/h3-4,10,15-17,23H,5-9,11-13H2,1-2H3,(H,22,24). The van der Waals surface area contributed by atoms with Gasteiger partial charge in [0.2, 0.25) is 10.0 Å². The lowest BCUT2D eigenvalue weighted by molar-refractivity contribution is -0.0564. The molecular weight excluding hydrogens is 360 g/mol. The third kappa shape index (κ3) is 4.15. The van der Waals surface area contributed by atoms with Crippen molar-refractivity contribution in [1.82, 2.24) is 5.32 Å². The molecule has 0 aromatic heterocycles. The van der Waals surface area contributed by atoms with Gasteiger partial charge in [0.15, 0.2) is 0 Å². The molecule has 0 spiro atoms. The number of anilines is 1. The fourth-order valence-corrected chi connectivity index (χ4v) is 6.83. The number of nitrogens with one attached hydrogen (secondary N) is 2. The summed E-state index contributed by atoms with van der Waals surface area (Å²) in [5, 5.41) is 3.07.